The third kappa shape index (κ3) is 4.85. The molecular weight excluding hydrogens is 206 g/mol. The fraction of sp³-hybridized carbons (Fsp3) is 0.750. The average Bonchev–Trinajstić information content (AvgIpc) is 2.27. The first-order chi connectivity index (χ1) is 7.24. The van der Waals surface area contributed by atoms with Gasteiger partial charge in [0.1, 0.15) is 0 Å². The van der Waals surface area contributed by atoms with Crippen LogP contribution in [0.2, 0.25) is 0 Å². The molecule has 0 saturated carbocycles. The van der Waals surface area contributed by atoms with Crippen LogP contribution in [0.3, 0.4) is 0 Å². The van der Waals surface area contributed by atoms with E-state index in [0.717, 1.165) is 25.0 Å². The Morgan fingerprint density at radius 3 is 3.00 bits per heavy atom. The summed E-state index contributed by atoms with van der Waals surface area (Å²) < 4.78 is 0. The Hall–Kier alpha value is -0.280. The topological polar surface area (TPSA) is 43.1 Å². The van der Waals surface area contributed by atoms with E-state index in [-0.39, 0.29) is 11.8 Å². The highest BCUT2D eigenvalue weighted by Gasteiger charge is 2.15. The molecule has 1 aliphatic carbocycles. The quantitative estimate of drug-likeness (QED) is 0.709. The number of carbonyl (C=O) groups is 1. The van der Waals surface area contributed by atoms with E-state index in [4.69, 9.17) is 5.73 Å². The van der Waals surface area contributed by atoms with Gasteiger partial charge in [-0.25, -0.2) is 0 Å². The Kier molecular flexibility index (Phi) is 6.03. The summed E-state index contributed by atoms with van der Waals surface area (Å²) in [4.78, 5) is 11.7. The van der Waals surface area contributed by atoms with Crippen molar-refractivity contribution in [1.82, 2.24) is 0 Å². The second-order valence-electron chi connectivity index (χ2n) is 4.14. The van der Waals surface area contributed by atoms with E-state index in [1.165, 1.54) is 18.4 Å². The maximum atomic E-state index is 11.7. The highest BCUT2D eigenvalue weighted by atomic mass is 32.2. The molecule has 15 heavy (non-hydrogen) atoms. The summed E-state index contributed by atoms with van der Waals surface area (Å²) in [5.41, 5.74) is 7.14. The first kappa shape index (κ1) is 12.8. The van der Waals surface area contributed by atoms with Gasteiger partial charge in [0.2, 0.25) is 0 Å². The standard InChI is InChI=1S/C12H21NOS/c1-15-8-7-11(13)12(14)9-10-5-3-2-4-6-10/h5,11H,2-4,6-9,13H2,1H3/t11-/m0/s1. The fourth-order valence-electron chi connectivity index (χ4n) is 1.83. The lowest BCUT2D eigenvalue weighted by atomic mass is 9.93. The molecule has 0 spiro atoms. The summed E-state index contributed by atoms with van der Waals surface area (Å²) in [7, 11) is 0. The minimum atomic E-state index is -0.250. The van der Waals surface area contributed by atoms with Crippen molar-refractivity contribution in [2.45, 2.75) is 44.6 Å². The summed E-state index contributed by atoms with van der Waals surface area (Å²) in [6, 6.07) is -0.250. The van der Waals surface area contributed by atoms with Crippen LogP contribution in [-0.2, 0) is 4.79 Å². The van der Waals surface area contributed by atoms with Crippen molar-refractivity contribution >= 4 is 17.5 Å². The first-order valence-corrected chi connectivity index (χ1v) is 7.08. The van der Waals surface area contributed by atoms with Gasteiger partial charge in [-0.15, -0.1) is 0 Å². The molecule has 0 aromatic carbocycles. The van der Waals surface area contributed by atoms with Crippen molar-refractivity contribution in [1.29, 1.82) is 0 Å². The molecule has 0 unspecified atom stereocenters. The van der Waals surface area contributed by atoms with E-state index in [0.29, 0.717) is 6.42 Å². The lowest BCUT2D eigenvalue weighted by Gasteiger charge is -2.14. The average molecular weight is 227 g/mol. The lowest BCUT2D eigenvalue weighted by Crippen LogP contribution is -2.31. The Bertz CT molecular complexity index is 238. The van der Waals surface area contributed by atoms with Gasteiger partial charge in [0.25, 0.3) is 0 Å². The molecule has 1 atom stereocenters. The zero-order valence-electron chi connectivity index (χ0n) is 9.50. The van der Waals surface area contributed by atoms with Crippen LogP contribution in [0.5, 0.6) is 0 Å². The molecule has 86 valence electrons. The van der Waals surface area contributed by atoms with Gasteiger partial charge >= 0.3 is 0 Å². The highest BCUT2D eigenvalue weighted by molar-refractivity contribution is 7.98. The summed E-state index contributed by atoms with van der Waals surface area (Å²) >= 11 is 1.75. The summed E-state index contributed by atoms with van der Waals surface area (Å²) in [6.45, 7) is 0. The van der Waals surface area contributed by atoms with Crippen molar-refractivity contribution in [2.24, 2.45) is 5.73 Å². The number of nitrogens with two attached hydrogens (primary N) is 1. The van der Waals surface area contributed by atoms with Gasteiger partial charge in [-0.3, -0.25) is 4.79 Å². The molecule has 1 rings (SSSR count). The van der Waals surface area contributed by atoms with Gasteiger partial charge in [-0.2, -0.15) is 11.8 Å². The second kappa shape index (κ2) is 7.07. The van der Waals surface area contributed by atoms with Crippen LogP contribution in [0.1, 0.15) is 38.5 Å². The maximum absolute atomic E-state index is 11.7. The largest absolute Gasteiger partial charge is 0.321 e. The third-order valence-corrected chi connectivity index (χ3v) is 3.48. The van der Waals surface area contributed by atoms with E-state index in [9.17, 15) is 4.79 Å². The van der Waals surface area contributed by atoms with Crippen LogP contribution >= 0.6 is 11.8 Å². The minimum absolute atomic E-state index is 0.220. The molecule has 0 aliphatic heterocycles. The van der Waals surface area contributed by atoms with Crippen LogP contribution in [0.4, 0.5) is 0 Å². The minimum Gasteiger partial charge on any atom is -0.321 e. The maximum Gasteiger partial charge on any atom is 0.153 e. The van der Waals surface area contributed by atoms with Gasteiger partial charge < -0.3 is 5.73 Å². The Morgan fingerprint density at radius 1 is 1.60 bits per heavy atom. The number of allylic oxidation sites excluding steroid dienone is 2. The molecule has 0 amide bonds. The normalized spacial score (nSPS) is 18.4. The molecule has 3 heteroatoms. The monoisotopic (exact) mass is 227 g/mol. The zero-order valence-corrected chi connectivity index (χ0v) is 10.3. The van der Waals surface area contributed by atoms with Crippen LogP contribution in [-0.4, -0.2) is 23.8 Å². The number of rotatable bonds is 6. The lowest BCUT2D eigenvalue weighted by molar-refractivity contribution is -0.119. The molecule has 0 fully saturated rings. The number of Topliss-reactive ketones (excluding diaryl/α,β-unsaturated/α-hetero) is 1. The number of thioether (sulfide) groups is 1. The predicted octanol–water partition coefficient (Wildman–Crippen LogP) is 2.53. The first-order valence-electron chi connectivity index (χ1n) is 5.69. The van der Waals surface area contributed by atoms with E-state index in [1.54, 1.807) is 11.8 Å². The smallest absolute Gasteiger partial charge is 0.153 e. The molecule has 2 nitrogen and oxygen atoms in total. The van der Waals surface area contributed by atoms with Crippen LogP contribution < -0.4 is 5.73 Å². The predicted molar refractivity (Wildman–Crippen MR) is 67.1 cm³/mol. The third-order valence-electron chi connectivity index (χ3n) is 2.83. The van der Waals surface area contributed by atoms with Crippen LogP contribution in [0, 0.1) is 0 Å². The zero-order chi connectivity index (χ0) is 11.1. The SMILES string of the molecule is CSCC[C@H](N)C(=O)CC1=CCCCC1. The molecule has 0 aromatic heterocycles. The molecule has 1 aliphatic rings. The fourth-order valence-corrected chi connectivity index (χ4v) is 2.32. The molecule has 0 saturated heterocycles. The van der Waals surface area contributed by atoms with Crippen LogP contribution in [0.15, 0.2) is 11.6 Å². The second-order valence-corrected chi connectivity index (χ2v) is 5.12. The van der Waals surface area contributed by atoms with Crippen LogP contribution in [0.25, 0.3) is 0 Å². The van der Waals surface area contributed by atoms with E-state index in [2.05, 4.69) is 6.08 Å². The molecule has 0 heterocycles. The van der Waals surface area contributed by atoms with Gasteiger partial charge in [0, 0.05) is 6.42 Å². The van der Waals surface area contributed by atoms with Gasteiger partial charge in [0.15, 0.2) is 5.78 Å². The molecule has 2 N–H and O–H groups in total. The Labute approximate surface area is 96.7 Å². The van der Waals surface area contributed by atoms with Crippen molar-refractivity contribution in [3.63, 3.8) is 0 Å². The van der Waals surface area contributed by atoms with E-state index in [1.807, 2.05) is 6.26 Å². The summed E-state index contributed by atoms with van der Waals surface area (Å²) in [6.07, 6.45) is 10.4. The van der Waals surface area contributed by atoms with E-state index >= 15 is 0 Å². The molecule has 0 bridgehead atoms. The van der Waals surface area contributed by atoms with Crippen molar-refractivity contribution < 1.29 is 4.79 Å². The molecular formula is C12H21NOS. The Morgan fingerprint density at radius 2 is 2.40 bits per heavy atom. The number of carbonyl (C=O) groups excluding carboxylic acids is 1. The summed E-state index contributed by atoms with van der Waals surface area (Å²) in [5, 5.41) is 0. The highest BCUT2D eigenvalue weighted by Crippen LogP contribution is 2.20. The number of hydrogen-bond acceptors (Lipinski definition) is 3. The summed E-state index contributed by atoms with van der Waals surface area (Å²) in [5.74, 6) is 1.20. The van der Waals surface area contributed by atoms with Crippen molar-refractivity contribution in [3.05, 3.63) is 11.6 Å². The van der Waals surface area contributed by atoms with Crippen molar-refractivity contribution in [2.75, 3.05) is 12.0 Å². The van der Waals surface area contributed by atoms with Crippen molar-refractivity contribution in [3.8, 4) is 0 Å². The number of hydrogen-bond donors (Lipinski definition) is 1. The van der Waals surface area contributed by atoms with E-state index < -0.39 is 0 Å². The number of ketones is 1. The van der Waals surface area contributed by atoms with Gasteiger partial charge in [0.05, 0.1) is 6.04 Å². The Balaban J connectivity index is 2.30. The molecule has 0 radical (unpaired) electrons. The van der Waals surface area contributed by atoms with Gasteiger partial charge in [-0.1, -0.05) is 11.6 Å². The van der Waals surface area contributed by atoms with Gasteiger partial charge in [-0.05, 0) is 44.1 Å². The molecule has 0 aromatic rings.